The summed E-state index contributed by atoms with van der Waals surface area (Å²) in [4.78, 5) is 17.2. The number of nitrogens with zero attached hydrogens (tertiary/aromatic N) is 2. The van der Waals surface area contributed by atoms with E-state index in [1.54, 1.807) is 12.1 Å². The van der Waals surface area contributed by atoms with Crippen molar-refractivity contribution in [3.8, 4) is 0 Å². The first kappa shape index (κ1) is 22.1. The van der Waals surface area contributed by atoms with Crippen molar-refractivity contribution in [3.05, 3.63) is 100 Å². The van der Waals surface area contributed by atoms with Gasteiger partial charge in [0.05, 0.1) is 21.6 Å². The maximum Gasteiger partial charge on any atom is 0.252 e. The zero-order chi connectivity index (χ0) is 22.3. The summed E-state index contributed by atoms with van der Waals surface area (Å²) in [5, 5.41) is 3.45. The smallest absolute Gasteiger partial charge is 0.252 e. The number of carbonyl (C=O) groups is 1. The molecule has 5 heteroatoms. The molecule has 0 saturated heterocycles. The molecular weight excluding hydrogens is 418 g/mol. The van der Waals surface area contributed by atoms with Gasteiger partial charge in [-0.15, -0.1) is 0 Å². The van der Waals surface area contributed by atoms with Crippen molar-refractivity contribution in [3.63, 3.8) is 0 Å². The average Bonchev–Trinajstić information content (AvgIpc) is 3.15. The lowest BCUT2D eigenvalue weighted by molar-refractivity contribution is 0.0953. The van der Waals surface area contributed by atoms with Gasteiger partial charge in [0.15, 0.2) is 0 Å². The number of unbranched alkanes of at least 4 members (excludes halogenated alkanes) is 2. The van der Waals surface area contributed by atoms with Crippen LogP contribution in [0.1, 0.15) is 46.6 Å². The summed E-state index contributed by atoms with van der Waals surface area (Å²) in [6, 6.07) is 24.0. The van der Waals surface area contributed by atoms with Crippen LogP contribution >= 0.6 is 11.6 Å². The summed E-state index contributed by atoms with van der Waals surface area (Å²) in [7, 11) is 0. The molecule has 0 unspecified atom stereocenters. The topological polar surface area (TPSA) is 46.9 Å². The predicted octanol–water partition coefficient (Wildman–Crippen LogP) is 6.19. The molecule has 0 aliphatic rings. The first-order chi connectivity index (χ1) is 15.6. The Hall–Kier alpha value is -3.11. The molecule has 0 bridgehead atoms. The Bertz CT molecular complexity index is 1210. The number of amides is 1. The number of imidazole rings is 1. The monoisotopic (exact) mass is 445 g/mol. The molecule has 0 aliphatic heterocycles. The van der Waals surface area contributed by atoms with Crippen molar-refractivity contribution in [2.75, 3.05) is 6.54 Å². The van der Waals surface area contributed by atoms with Crippen LogP contribution in [0.3, 0.4) is 0 Å². The van der Waals surface area contributed by atoms with Gasteiger partial charge in [-0.2, -0.15) is 0 Å². The lowest BCUT2D eigenvalue weighted by Gasteiger charge is -2.12. The van der Waals surface area contributed by atoms with E-state index in [0.717, 1.165) is 43.6 Å². The highest BCUT2D eigenvalue weighted by Gasteiger charge is 2.12. The second kappa shape index (κ2) is 10.5. The van der Waals surface area contributed by atoms with E-state index in [9.17, 15) is 4.79 Å². The Morgan fingerprint density at radius 2 is 1.69 bits per heavy atom. The predicted molar refractivity (Wildman–Crippen MR) is 131 cm³/mol. The second-order valence-corrected chi connectivity index (χ2v) is 8.48. The van der Waals surface area contributed by atoms with Gasteiger partial charge in [-0.3, -0.25) is 4.79 Å². The SMILES string of the molecule is Cc1ccccc1Cn1c(CCCCCNC(=O)c2ccccc2Cl)nc2ccccc21. The van der Waals surface area contributed by atoms with Gasteiger partial charge >= 0.3 is 0 Å². The van der Waals surface area contributed by atoms with Crippen LogP contribution < -0.4 is 5.32 Å². The van der Waals surface area contributed by atoms with E-state index in [1.165, 1.54) is 16.6 Å². The van der Waals surface area contributed by atoms with Crippen molar-refractivity contribution >= 4 is 28.5 Å². The largest absolute Gasteiger partial charge is 0.352 e. The standard InChI is InChI=1S/C27H28ClN3O/c1-20-11-4-5-12-21(20)19-31-25-16-9-8-15-24(25)30-26(31)17-3-2-10-18-29-27(32)22-13-6-7-14-23(22)28/h4-9,11-16H,2-3,10,17-19H2,1H3,(H,29,32). The molecule has 3 aromatic carbocycles. The fraction of sp³-hybridized carbons (Fsp3) is 0.259. The summed E-state index contributed by atoms with van der Waals surface area (Å²) in [5.74, 6) is 1.00. The van der Waals surface area contributed by atoms with Gasteiger partial charge in [0, 0.05) is 19.5 Å². The third-order valence-electron chi connectivity index (χ3n) is 5.80. The number of hydrogen-bond donors (Lipinski definition) is 1. The van der Waals surface area contributed by atoms with Crippen LogP contribution in [0.5, 0.6) is 0 Å². The van der Waals surface area contributed by atoms with E-state index in [-0.39, 0.29) is 5.91 Å². The van der Waals surface area contributed by atoms with Crippen LogP contribution in [0, 0.1) is 6.92 Å². The molecule has 4 rings (SSSR count). The molecule has 0 radical (unpaired) electrons. The molecule has 0 aliphatic carbocycles. The lowest BCUT2D eigenvalue weighted by Crippen LogP contribution is -2.24. The van der Waals surface area contributed by atoms with Crippen LogP contribution in [0.2, 0.25) is 5.02 Å². The summed E-state index contributed by atoms with van der Waals surface area (Å²) in [6.07, 6.45) is 3.89. The van der Waals surface area contributed by atoms with Crippen LogP contribution in [-0.2, 0) is 13.0 Å². The number of nitrogens with one attached hydrogen (secondary N) is 1. The molecule has 0 fully saturated rings. The van der Waals surface area contributed by atoms with E-state index in [0.29, 0.717) is 17.1 Å². The third-order valence-corrected chi connectivity index (χ3v) is 6.13. The minimum Gasteiger partial charge on any atom is -0.352 e. The zero-order valence-corrected chi connectivity index (χ0v) is 19.1. The van der Waals surface area contributed by atoms with E-state index in [2.05, 4.69) is 59.3 Å². The van der Waals surface area contributed by atoms with Gasteiger partial charge in [-0.05, 0) is 55.2 Å². The van der Waals surface area contributed by atoms with E-state index >= 15 is 0 Å². The number of benzene rings is 3. The Morgan fingerprint density at radius 1 is 0.938 bits per heavy atom. The van der Waals surface area contributed by atoms with E-state index in [4.69, 9.17) is 16.6 Å². The van der Waals surface area contributed by atoms with Gasteiger partial charge < -0.3 is 9.88 Å². The van der Waals surface area contributed by atoms with Crippen molar-refractivity contribution in [1.29, 1.82) is 0 Å². The summed E-state index contributed by atoms with van der Waals surface area (Å²) < 4.78 is 2.34. The summed E-state index contributed by atoms with van der Waals surface area (Å²) in [5.41, 5.74) is 5.37. The minimum absolute atomic E-state index is 0.115. The van der Waals surface area contributed by atoms with Crippen molar-refractivity contribution in [2.45, 2.75) is 39.2 Å². The average molecular weight is 446 g/mol. The molecule has 1 aromatic heterocycles. The van der Waals surface area contributed by atoms with Gasteiger partial charge in [-0.25, -0.2) is 4.98 Å². The molecule has 164 valence electrons. The van der Waals surface area contributed by atoms with Crippen molar-refractivity contribution < 1.29 is 4.79 Å². The van der Waals surface area contributed by atoms with E-state index < -0.39 is 0 Å². The lowest BCUT2D eigenvalue weighted by atomic mass is 10.1. The molecule has 4 aromatic rings. The molecule has 1 heterocycles. The van der Waals surface area contributed by atoms with Gasteiger partial charge in [0.25, 0.3) is 5.91 Å². The quantitative estimate of drug-likeness (QED) is 0.312. The number of carbonyl (C=O) groups excluding carboxylic acids is 1. The van der Waals surface area contributed by atoms with Gasteiger partial charge in [0.2, 0.25) is 0 Å². The van der Waals surface area contributed by atoms with Crippen molar-refractivity contribution in [1.82, 2.24) is 14.9 Å². The van der Waals surface area contributed by atoms with Crippen molar-refractivity contribution in [2.24, 2.45) is 0 Å². The fourth-order valence-corrected chi connectivity index (χ4v) is 4.20. The zero-order valence-electron chi connectivity index (χ0n) is 18.4. The number of hydrogen-bond acceptors (Lipinski definition) is 2. The van der Waals surface area contributed by atoms with E-state index in [1.807, 2.05) is 18.2 Å². The van der Waals surface area contributed by atoms with Gasteiger partial charge in [-0.1, -0.05) is 66.6 Å². The molecule has 32 heavy (non-hydrogen) atoms. The van der Waals surface area contributed by atoms with Crippen LogP contribution in [0.4, 0.5) is 0 Å². The molecule has 1 N–H and O–H groups in total. The van der Waals surface area contributed by atoms with Crippen LogP contribution in [0.15, 0.2) is 72.8 Å². The normalized spacial score (nSPS) is 11.1. The summed E-state index contributed by atoms with van der Waals surface area (Å²) in [6.45, 7) is 3.63. The minimum atomic E-state index is -0.115. The summed E-state index contributed by atoms with van der Waals surface area (Å²) >= 11 is 6.10. The molecule has 0 spiro atoms. The highest BCUT2D eigenvalue weighted by molar-refractivity contribution is 6.33. The second-order valence-electron chi connectivity index (χ2n) is 8.08. The van der Waals surface area contributed by atoms with Crippen LogP contribution in [0.25, 0.3) is 11.0 Å². The molecule has 4 nitrogen and oxygen atoms in total. The Balaban J connectivity index is 1.34. The number of halogens is 1. The number of aryl methyl sites for hydroxylation is 2. The Morgan fingerprint density at radius 3 is 2.53 bits per heavy atom. The number of para-hydroxylation sites is 2. The Kier molecular flexibility index (Phi) is 7.23. The first-order valence-electron chi connectivity index (χ1n) is 11.1. The Labute approximate surface area is 194 Å². The number of fused-ring (bicyclic) bond motifs is 1. The number of aromatic nitrogens is 2. The maximum absolute atomic E-state index is 12.3. The maximum atomic E-state index is 12.3. The molecule has 0 atom stereocenters. The fourth-order valence-electron chi connectivity index (χ4n) is 3.98. The number of rotatable bonds is 9. The molecule has 0 saturated carbocycles. The van der Waals surface area contributed by atoms with Crippen LogP contribution in [-0.4, -0.2) is 22.0 Å². The van der Waals surface area contributed by atoms with Gasteiger partial charge in [0.1, 0.15) is 5.82 Å². The molecule has 1 amide bonds. The highest BCUT2D eigenvalue weighted by atomic mass is 35.5. The third kappa shape index (κ3) is 5.20. The highest BCUT2D eigenvalue weighted by Crippen LogP contribution is 2.21. The first-order valence-corrected chi connectivity index (χ1v) is 11.5. The molecular formula is C27H28ClN3O.